The molecule has 5 rings (SSSR count). The second-order valence-electron chi connectivity index (χ2n) is 9.48. The summed E-state index contributed by atoms with van der Waals surface area (Å²) in [6.07, 6.45) is 1.76. The number of ether oxygens (including phenoxy) is 1. The topological polar surface area (TPSA) is 83.1 Å². The maximum atomic E-state index is 13.6. The van der Waals surface area contributed by atoms with Crippen molar-refractivity contribution in [1.82, 2.24) is 19.7 Å². The van der Waals surface area contributed by atoms with Crippen LogP contribution in [0.1, 0.15) is 41.9 Å². The molecule has 1 saturated carbocycles. The molecule has 0 bridgehead atoms. The van der Waals surface area contributed by atoms with Crippen molar-refractivity contribution >= 4 is 29.1 Å². The number of aromatic nitrogens is 1. The Morgan fingerprint density at radius 2 is 1.85 bits per heavy atom. The standard InChI is InChI=1S/C25H30N4O4S/c1-17-26-19(16-34-17)15-27-9-11-28(12-10-27)22(30)13-25(18-3-7-21(33-2)8-4-18)14-23(31)29(24(25)32)20-5-6-20/h3-4,7-8,16,20H,5-6,9-15H2,1-2H3. The molecule has 2 aliphatic heterocycles. The van der Waals surface area contributed by atoms with Crippen molar-refractivity contribution in [1.29, 1.82) is 0 Å². The van der Waals surface area contributed by atoms with Gasteiger partial charge in [-0.05, 0) is 37.5 Å². The van der Waals surface area contributed by atoms with E-state index in [-0.39, 0.29) is 36.6 Å². The summed E-state index contributed by atoms with van der Waals surface area (Å²) in [7, 11) is 1.59. The van der Waals surface area contributed by atoms with Crippen LogP contribution < -0.4 is 4.74 Å². The number of hydrogen-bond donors (Lipinski definition) is 0. The second-order valence-corrected chi connectivity index (χ2v) is 10.5. The van der Waals surface area contributed by atoms with Crippen LogP contribution >= 0.6 is 11.3 Å². The van der Waals surface area contributed by atoms with Gasteiger partial charge < -0.3 is 9.64 Å². The molecule has 2 aromatic rings. The normalized spacial score (nSPS) is 23.6. The Balaban J connectivity index is 1.31. The zero-order chi connectivity index (χ0) is 23.9. The van der Waals surface area contributed by atoms with Crippen LogP contribution in [0.3, 0.4) is 0 Å². The van der Waals surface area contributed by atoms with Crippen LogP contribution in [-0.4, -0.2) is 76.7 Å². The lowest BCUT2D eigenvalue weighted by Crippen LogP contribution is -2.50. The highest BCUT2D eigenvalue weighted by atomic mass is 32.1. The van der Waals surface area contributed by atoms with E-state index >= 15 is 0 Å². The Kier molecular flexibility index (Phi) is 6.16. The lowest BCUT2D eigenvalue weighted by Gasteiger charge is -2.36. The number of thiazole rings is 1. The lowest BCUT2D eigenvalue weighted by atomic mass is 9.75. The third-order valence-electron chi connectivity index (χ3n) is 7.13. The fourth-order valence-corrected chi connectivity index (χ4v) is 5.68. The number of carbonyl (C=O) groups is 3. The van der Waals surface area contributed by atoms with Crippen LogP contribution in [0.15, 0.2) is 29.6 Å². The third kappa shape index (κ3) is 4.34. The summed E-state index contributed by atoms with van der Waals surface area (Å²) in [6, 6.07) is 7.21. The van der Waals surface area contributed by atoms with Crippen molar-refractivity contribution in [2.45, 2.75) is 50.6 Å². The molecule has 1 aliphatic carbocycles. The molecule has 0 radical (unpaired) electrons. The predicted molar refractivity (Wildman–Crippen MR) is 127 cm³/mol. The van der Waals surface area contributed by atoms with Gasteiger partial charge in [-0.3, -0.25) is 24.2 Å². The summed E-state index contributed by atoms with van der Waals surface area (Å²) in [6.45, 7) is 5.52. The molecule has 0 spiro atoms. The summed E-state index contributed by atoms with van der Waals surface area (Å²) in [5, 5.41) is 3.14. The molecular formula is C25H30N4O4S. The highest BCUT2D eigenvalue weighted by Gasteiger charge is 2.57. The largest absolute Gasteiger partial charge is 0.497 e. The monoisotopic (exact) mass is 482 g/mol. The fourth-order valence-electron chi connectivity index (χ4n) is 5.08. The Morgan fingerprint density at radius 1 is 1.15 bits per heavy atom. The van der Waals surface area contributed by atoms with Gasteiger partial charge in [-0.1, -0.05) is 12.1 Å². The molecule has 3 heterocycles. The zero-order valence-electron chi connectivity index (χ0n) is 19.7. The van der Waals surface area contributed by atoms with Crippen molar-refractivity contribution in [2.24, 2.45) is 0 Å². The molecule has 3 aliphatic rings. The van der Waals surface area contributed by atoms with E-state index in [9.17, 15) is 14.4 Å². The first-order valence-corrected chi connectivity index (χ1v) is 12.7. The quantitative estimate of drug-likeness (QED) is 0.564. The maximum absolute atomic E-state index is 13.6. The predicted octanol–water partition coefficient (Wildman–Crippen LogP) is 2.35. The van der Waals surface area contributed by atoms with Crippen LogP contribution in [0, 0.1) is 6.92 Å². The number of carbonyl (C=O) groups excluding carboxylic acids is 3. The Morgan fingerprint density at radius 3 is 2.44 bits per heavy atom. The maximum Gasteiger partial charge on any atom is 0.241 e. The van der Waals surface area contributed by atoms with Crippen LogP contribution in [0.4, 0.5) is 0 Å². The average molecular weight is 483 g/mol. The average Bonchev–Trinajstić information content (AvgIpc) is 3.53. The van der Waals surface area contributed by atoms with Crippen LogP contribution in [0.5, 0.6) is 5.75 Å². The summed E-state index contributed by atoms with van der Waals surface area (Å²) >= 11 is 1.65. The molecule has 180 valence electrons. The van der Waals surface area contributed by atoms with Gasteiger partial charge in [0.2, 0.25) is 17.7 Å². The zero-order valence-corrected chi connectivity index (χ0v) is 20.5. The van der Waals surface area contributed by atoms with Crippen molar-refractivity contribution in [3.8, 4) is 5.75 Å². The molecule has 34 heavy (non-hydrogen) atoms. The van der Waals surface area contributed by atoms with Crippen LogP contribution in [-0.2, 0) is 26.3 Å². The minimum absolute atomic E-state index is 0.00637. The van der Waals surface area contributed by atoms with E-state index < -0.39 is 5.41 Å². The first-order valence-electron chi connectivity index (χ1n) is 11.8. The molecule has 0 N–H and O–H groups in total. The van der Waals surface area contributed by atoms with Gasteiger partial charge in [0.1, 0.15) is 5.75 Å². The van der Waals surface area contributed by atoms with E-state index in [1.54, 1.807) is 30.6 Å². The first-order chi connectivity index (χ1) is 16.4. The Bertz CT molecular complexity index is 1090. The van der Waals surface area contributed by atoms with Crippen LogP contribution in [0.25, 0.3) is 0 Å². The molecule has 2 saturated heterocycles. The number of imide groups is 1. The molecule has 1 unspecified atom stereocenters. The summed E-state index contributed by atoms with van der Waals surface area (Å²) in [5.74, 6) is 0.210. The molecule has 3 fully saturated rings. The van der Waals surface area contributed by atoms with Crippen molar-refractivity contribution < 1.29 is 19.1 Å². The minimum atomic E-state index is -1.14. The lowest BCUT2D eigenvalue weighted by molar-refractivity contribution is -0.143. The number of likely N-dealkylation sites (tertiary alicyclic amines) is 1. The summed E-state index contributed by atoms with van der Waals surface area (Å²) in [5.41, 5.74) is 0.634. The van der Waals surface area contributed by atoms with Gasteiger partial charge in [0, 0.05) is 57.0 Å². The number of hydrogen-bond acceptors (Lipinski definition) is 7. The number of piperazine rings is 1. The van der Waals surface area contributed by atoms with Gasteiger partial charge >= 0.3 is 0 Å². The van der Waals surface area contributed by atoms with Gasteiger partial charge in [0.15, 0.2) is 0 Å². The highest BCUT2D eigenvalue weighted by Crippen LogP contribution is 2.44. The number of aryl methyl sites for hydroxylation is 1. The molecular weight excluding hydrogens is 452 g/mol. The number of methoxy groups -OCH3 is 1. The van der Waals surface area contributed by atoms with E-state index in [1.165, 1.54) is 4.90 Å². The summed E-state index contributed by atoms with van der Waals surface area (Å²) < 4.78 is 5.27. The number of benzene rings is 1. The minimum Gasteiger partial charge on any atom is -0.497 e. The highest BCUT2D eigenvalue weighted by molar-refractivity contribution is 7.09. The Labute approximate surface area is 203 Å². The molecule has 8 nitrogen and oxygen atoms in total. The SMILES string of the molecule is COc1ccc(C2(CC(=O)N3CCN(Cc4csc(C)n4)CC3)CC(=O)N(C3CC3)C2=O)cc1. The van der Waals surface area contributed by atoms with Crippen molar-refractivity contribution in [2.75, 3.05) is 33.3 Å². The Hall–Kier alpha value is -2.78. The van der Waals surface area contributed by atoms with Gasteiger partial charge in [0.25, 0.3) is 0 Å². The van der Waals surface area contributed by atoms with E-state index in [0.29, 0.717) is 24.4 Å². The van der Waals surface area contributed by atoms with Crippen molar-refractivity contribution in [3.05, 3.63) is 45.9 Å². The first kappa shape index (κ1) is 23.0. The van der Waals surface area contributed by atoms with E-state index in [1.807, 2.05) is 24.0 Å². The van der Waals surface area contributed by atoms with E-state index in [4.69, 9.17) is 4.74 Å². The number of nitrogens with zero attached hydrogens (tertiary/aromatic N) is 4. The van der Waals surface area contributed by atoms with Gasteiger partial charge in [-0.15, -0.1) is 11.3 Å². The fraction of sp³-hybridized carbons (Fsp3) is 0.520. The molecule has 1 aromatic heterocycles. The van der Waals surface area contributed by atoms with Crippen LogP contribution in [0.2, 0.25) is 0 Å². The van der Waals surface area contributed by atoms with Crippen molar-refractivity contribution in [3.63, 3.8) is 0 Å². The third-order valence-corrected chi connectivity index (χ3v) is 7.96. The van der Waals surface area contributed by atoms with E-state index in [0.717, 1.165) is 43.2 Å². The smallest absolute Gasteiger partial charge is 0.241 e. The van der Waals surface area contributed by atoms with E-state index in [2.05, 4.69) is 15.3 Å². The number of amides is 3. The second kappa shape index (κ2) is 9.11. The molecule has 1 atom stereocenters. The number of rotatable bonds is 7. The van der Waals surface area contributed by atoms with Gasteiger partial charge in [0.05, 0.1) is 23.2 Å². The molecule has 9 heteroatoms. The molecule has 3 amide bonds. The van der Waals surface area contributed by atoms with Gasteiger partial charge in [-0.25, -0.2) is 4.98 Å². The molecule has 1 aromatic carbocycles. The van der Waals surface area contributed by atoms with Gasteiger partial charge in [-0.2, -0.15) is 0 Å². The summed E-state index contributed by atoms with van der Waals surface area (Å²) in [4.78, 5) is 50.1.